The zero-order valence-electron chi connectivity index (χ0n) is 19.9. The highest BCUT2D eigenvalue weighted by Gasteiger charge is 2.28. The molecule has 0 aliphatic heterocycles. The summed E-state index contributed by atoms with van der Waals surface area (Å²) in [6.07, 6.45) is 0.0305. The third-order valence-electron chi connectivity index (χ3n) is 5.83. The summed E-state index contributed by atoms with van der Waals surface area (Å²) in [7, 11) is 0. The van der Waals surface area contributed by atoms with Crippen LogP contribution in [0.4, 0.5) is 4.39 Å². The fourth-order valence-corrected chi connectivity index (χ4v) is 3.30. The van der Waals surface area contributed by atoms with Crippen LogP contribution >= 0.6 is 0 Å². The van der Waals surface area contributed by atoms with E-state index in [1.165, 1.54) is 24.3 Å². The van der Waals surface area contributed by atoms with Gasteiger partial charge in [0, 0.05) is 12.1 Å². The number of ether oxygens (including phenoxy) is 1. The van der Waals surface area contributed by atoms with Gasteiger partial charge in [0.15, 0.2) is 5.69 Å². The minimum Gasteiger partial charge on any atom is -0.481 e. The number of aromatic nitrogens is 2. The molecule has 1 unspecified atom stereocenters. The van der Waals surface area contributed by atoms with Crippen LogP contribution < -0.4 is 10.1 Å². The highest BCUT2D eigenvalue weighted by Crippen LogP contribution is 2.24. The lowest BCUT2D eigenvalue weighted by Crippen LogP contribution is -2.38. The van der Waals surface area contributed by atoms with Crippen molar-refractivity contribution in [3.8, 4) is 11.6 Å². The fraction of sp³-hybridized carbons (Fsp3) is 0.346. The average molecular weight is 484 g/mol. The number of para-hydroxylation sites is 1. The predicted octanol–water partition coefficient (Wildman–Crippen LogP) is 3.61. The summed E-state index contributed by atoms with van der Waals surface area (Å²) < 4.78 is 21.5. The van der Waals surface area contributed by atoms with Crippen molar-refractivity contribution < 1.29 is 28.9 Å². The van der Waals surface area contributed by atoms with E-state index < -0.39 is 29.3 Å². The molecule has 0 saturated carbocycles. The third-order valence-corrected chi connectivity index (χ3v) is 5.83. The molecule has 1 amide bonds. The van der Waals surface area contributed by atoms with Crippen LogP contribution in [0.1, 0.15) is 43.2 Å². The number of nitrogens with one attached hydrogen (secondary N) is 1. The number of hydrogen-bond donors (Lipinski definition) is 3. The highest BCUT2D eigenvalue weighted by atomic mass is 19.1. The molecule has 0 radical (unpaired) electrons. The third kappa shape index (κ3) is 6.89. The molecule has 0 aliphatic carbocycles. The van der Waals surface area contributed by atoms with Crippen LogP contribution in [0.25, 0.3) is 5.69 Å². The Hall–Kier alpha value is -3.72. The zero-order valence-corrected chi connectivity index (χ0v) is 19.9. The van der Waals surface area contributed by atoms with E-state index in [0.29, 0.717) is 6.42 Å². The number of carboxylic acid groups (broad SMARTS) is 1. The van der Waals surface area contributed by atoms with Crippen molar-refractivity contribution >= 4 is 11.9 Å². The highest BCUT2D eigenvalue weighted by molar-refractivity contribution is 5.93. The van der Waals surface area contributed by atoms with Crippen molar-refractivity contribution in [1.82, 2.24) is 15.1 Å². The van der Waals surface area contributed by atoms with Gasteiger partial charge >= 0.3 is 5.97 Å². The Bertz CT molecular complexity index is 1160. The summed E-state index contributed by atoms with van der Waals surface area (Å²) in [5.41, 5.74) is -0.307. The number of rotatable bonds is 11. The molecular weight excluding hydrogens is 453 g/mol. The van der Waals surface area contributed by atoms with Gasteiger partial charge in [-0.1, -0.05) is 56.3 Å². The Labute approximate surface area is 203 Å². The van der Waals surface area contributed by atoms with Crippen LogP contribution in [-0.4, -0.2) is 50.1 Å². The first-order valence-corrected chi connectivity index (χ1v) is 11.3. The van der Waals surface area contributed by atoms with Gasteiger partial charge in [-0.15, -0.1) is 0 Å². The van der Waals surface area contributed by atoms with Gasteiger partial charge in [-0.2, -0.15) is 9.78 Å². The lowest BCUT2D eigenvalue weighted by Gasteiger charge is -2.27. The second kappa shape index (κ2) is 11.1. The predicted molar refractivity (Wildman–Crippen MR) is 128 cm³/mol. The van der Waals surface area contributed by atoms with Gasteiger partial charge in [-0.05, 0) is 37.0 Å². The molecule has 3 aromatic rings. The smallest absolute Gasteiger partial charge is 0.305 e. The lowest BCUT2D eigenvalue weighted by atomic mass is 9.94. The Kier molecular flexibility index (Phi) is 8.24. The SMILES string of the molecule is CC(C)[C@](C)(O)COc1cc(C(=O)NC(CC(=O)O)Cc2ccccc2)nn1-c1ccccc1F. The van der Waals surface area contributed by atoms with Gasteiger partial charge < -0.3 is 20.3 Å². The number of carbonyl (C=O) groups excluding carboxylic acids is 1. The van der Waals surface area contributed by atoms with E-state index in [9.17, 15) is 24.2 Å². The molecule has 1 heterocycles. The number of carbonyl (C=O) groups is 2. The van der Waals surface area contributed by atoms with E-state index in [1.807, 2.05) is 44.2 Å². The monoisotopic (exact) mass is 483 g/mol. The summed E-state index contributed by atoms with van der Waals surface area (Å²) in [4.78, 5) is 24.4. The van der Waals surface area contributed by atoms with Crippen molar-refractivity contribution in [3.63, 3.8) is 0 Å². The quantitative estimate of drug-likeness (QED) is 0.384. The Morgan fingerprint density at radius 2 is 1.80 bits per heavy atom. The average Bonchev–Trinajstić information content (AvgIpc) is 3.22. The van der Waals surface area contributed by atoms with Gasteiger partial charge in [-0.25, -0.2) is 4.39 Å². The second-order valence-corrected chi connectivity index (χ2v) is 8.99. The number of hydrogen-bond acceptors (Lipinski definition) is 5. The lowest BCUT2D eigenvalue weighted by molar-refractivity contribution is -0.137. The van der Waals surface area contributed by atoms with Crippen LogP contribution in [0.5, 0.6) is 5.88 Å². The van der Waals surface area contributed by atoms with E-state index in [2.05, 4.69) is 10.4 Å². The first-order chi connectivity index (χ1) is 16.6. The van der Waals surface area contributed by atoms with Crippen LogP contribution in [0.2, 0.25) is 0 Å². The standard InChI is InChI=1S/C26H30FN3O5/c1-17(2)26(3,34)16-35-23-15-21(29-30(23)22-12-8-7-11-20(22)27)25(33)28-19(14-24(31)32)13-18-9-5-4-6-10-18/h4-12,15,17,19,34H,13-14,16H2,1-3H3,(H,28,33)(H,31,32)/t19?,26-/m1/s1. The number of amides is 1. The van der Waals surface area contributed by atoms with Crippen LogP contribution in [-0.2, 0) is 11.2 Å². The van der Waals surface area contributed by atoms with Gasteiger partial charge in [0.25, 0.3) is 5.91 Å². The van der Waals surface area contributed by atoms with Crippen LogP contribution in [0.3, 0.4) is 0 Å². The number of aliphatic hydroxyl groups is 1. The Morgan fingerprint density at radius 1 is 1.14 bits per heavy atom. The first-order valence-electron chi connectivity index (χ1n) is 11.3. The van der Waals surface area contributed by atoms with E-state index in [-0.39, 0.29) is 36.2 Å². The molecular formula is C26H30FN3O5. The zero-order chi connectivity index (χ0) is 25.6. The summed E-state index contributed by atoms with van der Waals surface area (Å²) in [6.45, 7) is 5.19. The van der Waals surface area contributed by atoms with Crippen molar-refractivity contribution in [1.29, 1.82) is 0 Å². The molecule has 9 heteroatoms. The summed E-state index contributed by atoms with van der Waals surface area (Å²) in [5.74, 6) is -2.30. The van der Waals surface area contributed by atoms with Gasteiger partial charge in [0.05, 0.1) is 12.0 Å². The molecule has 1 aromatic heterocycles. The maximum atomic E-state index is 14.5. The van der Waals surface area contributed by atoms with E-state index >= 15 is 0 Å². The normalized spacial score (nSPS) is 13.8. The van der Waals surface area contributed by atoms with Gasteiger partial charge in [0.2, 0.25) is 5.88 Å². The molecule has 2 aromatic carbocycles. The molecule has 8 nitrogen and oxygen atoms in total. The van der Waals surface area contributed by atoms with Crippen LogP contribution in [0, 0.1) is 11.7 Å². The largest absolute Gasteiger partial charge is 0.481 e. The first kappa shape index (κ1) is 25.9. The molecule has 35 heavy (non-hydrogen) atoms. The van der Waals surface area contributed by atoms with Crippen molar-refractivity contribution in [2.45, 2.75) is 45.3 Å². The molecule has 186 valence electrons. The van der Waals surface area contributed by atoms with Gasteiger partial charge in [0.1, 0.15) is 18.1 Å². The topological polar surface area (TPSA) is 114 Å². The van der Waals surface area contributed by atoms with Gasteiger partial charge in [-0.3, -0.25) is 9.59 Å². The van der Waals surface area contributed by atoms with E-state index in [0.717, 1.165) is 10.2 Å². The van der Waals surface area contributed by atoms with Crippen molar-refractivity contribution in [2.75, 3.05) is 6.61 Å². The van der Waals surface area contributed by atoms with Crippen molar-refractivity contribution in [3.05, 3.63) is 77.7 Å². The number of aliphatic carboxylic acids is 1. The number of benzene rings is 2. The van der Waals surface area contributed by atoms with Crippen LogP contribution in [0.15, 0.2) is 60.7 Å². The summed E-state index contributed by atoms with van der Waals surface area (Å²) >= 11 is 0. The maximum Gasteiger partial charge on any atom is 0.305 e. The van der Waals surface area contributed by atoms with E-state index in [4.69, 9.17) is 4.74 Å². The molecule has 0 aliphatic rings. The molecule has 3 rings (SSSR count). The number of nitrogens with zero attached hydrogens (tertiary/aromatic N) is 2. The summed E-state index contributed by atoms with van der Waals surface area (Å²) in [6, 6.07) is 15.8. The minimum atomic E-state index is -1.17. The fourth-order valence-electron chi connectivity index (χ4n) is 3.30. The molecule has 0 saturated heterocycles. The summed E-state index contributed by atoms with van der Waals surface area (Å²) in [5, 5.41) is 26.8. The molecule has 0 spiro atoms. The molecule has 3 N–H and O–H groups in total. The maximum absolute atomic E-state index is 14.5. The number of halogens is 1. The van der Waals surface area contributed by atoms with E-state index in [1.54, 1.807) is 13.0 Å². The Morgan fingerprint density at radius 3 is 2.43 bits per heavy atom. The molecule has 2 atom stereocenters. The second-order valence-electron chi connectivity index (χ2n) is 8.99. The minimum absolute atomic E-state index is 0.0668. The molecule has 0 bridgehead atoms. The molecule has 0 fully saturated rings. The number of carboxylic acids is 1. The van der Waals surface area contributed by atoms with Crippen molar-refractivity contribution in [2.24, 2.45) is 5.92 Å². The Balaban J connectivity index is 1.88.